The lowest BCUT2D eigenvalue weighted by Gasteiger charge is -2.55. The zero-order chi connectivity index (χ0) is 12.3. The number of ketones is 1. The van der Waals surface area contributed by atoms with Gasteiger partial charge < -0.3 is 4.90 Å². The van der Waals surface area contributed by atoms with Gasteiger partial charge in [-0.3, -0.25) is 4.79 Å². The van der Waals surface area contributed by atoms with Gasteiger partial charge in [-0.25, -0.2) is 0 Å². The fraction of sp³-hybridized carbons (Fsp3) is 0.562. The number of rotatable bonds is 0. The Morgan fingerprint density at radius 2 is 2.06 bits per heavy atom. The number of fused-ring (bicyclic) bond motifs is 3. The number of piperidine rings is 3. The predicted molar refractivity (Wildman–Crippen MR) is 70.8 cm³/mol. The van der Waals surface area contributed by atoms with E-state index in [2.05, 4.69) is 30.0 Å². The predicted octanol–water partition coefficient (Wildman–Crippen LogP) is 2.45. The first-order chi connectivity index (χ1) is 8.71. The van der Waals surface area contributed by atoms with E-state index in [-0.39, 0.29) is 5.41 Å². The Kier molecular flexibility index (Phi) is 2.06. The number of carbonyl (C=O) groups excluding carboxylic acids is 1. The van der Waals surface area contributed by atoms with Crippen molar-refractivity contribution in [1.82, 2.24) is 4.90 Å². The quantitative estimate of drug-likeness (QED) is 0.695. The highest BCUT2D eigenvalue weighted by Crippen LogP contribution is 2.51. The number of carbonyl (C=O) groups is 1. The van der Waals surface area contributed by atoms with Crippen molar-refractivity contribution in [3.05, 3.63) is 34.9 Å². The van der Waals surface area contributed by atoms with Crippen LogP contribution >= 0.6 is 0 Å². The maximum absolute atomic E-state index is 13.0. The van der Waals surface area contributed by atoms with Gasteiger partial charge in [0.2, 0.25) is 0 Å². The molecule has 3 heterocycles. The molecule has 0 amide bonds. The standard InChI is InChI=1S/C16H19NO/c1-11-3-2-4-12-9-13-10-17-7-5-16(13,6-8-17)15(18)14(11)12/h2-4,13H,5-10H2,1H3. The fourth-order valence-electron chi connectivity index (χ4n) is 4.44. The average Bonchev–Trinajstić information content (AvgIpc) is 2.39. The lowest BCUT2D eigenvalue weighted by atomic mass is 9.56. The summed E-state index contributed by atoms with van der Waals surface area (Å²) in [4.78, 5) is 15.6. The molecule has 0 aromatic heterocycles. The summed E-state index contributed by atoms with van der Waals surface area (Å²) < 4.78 is 0. The summed E-state index contributed by atoms with van der Waals surface area (Å²) in [6.07, 6.45) is 3.29. The molecule has 3 fully saturated rings. The molecule has 1 atom stereocenters. The third-order valence-electron chi connectivity index (χ3n) is 5.51. The number of hydrogen-bond donors (Lipinski definition) is 0. The van der Waals surface area contributed by atoms with Gasteiger partial charge in [0.25, 0.3) is 0 Å². The van der Waals surface area contributed by atoms with Gasteiger partial charge in [-0.1, -0.05) is 18.2 Å². The third kappa shape index (κ3) is 1.19. The van der Waals surface area contributed by atoms with Crippen LogP contribution in [-0.2, 0) is 6.42 Å². The minimum absolute atomic E-state index is 0.00609. The summed E-state index contributed by atoms with van der Waals surface area (Å²) in [5, 5.41) is 0. The number of aryl methyl sites for hydroxylation is 1. The maximum Gasteiger partial charge on any atom is 0.169 e. The third-order valence-corrected chi connectivity index (χ3v) is 5.51. The second kappa shape index (κ2) is 3.45. The number of nitrogens with zero attached hydrogens (tertiary/aromatic N) is 1. The molecule has 1 aliphatic carbocycles. The number of hydrogen-bond acceptors (Lipinski definition) is 2. The molecule has 18 heavy (non-hydrogen) atoms. The first-order valence-electron chi connectivity index (χ1n) is 7.06. The number of Topliss-reactive ketones (excluding diaryl/α,β-unsaturated/α-hetero) is 1. The highest BCUT2D eigenvalue weighted by Gasteiger charge is 2.54. The molecule has 5 rings (SSSR count). The molecule has 1 unspecified atom stereocenters. The van der Waals surface area contributed by atoms with Crippen molar-refractivity contribution in [3.63, 3.8) is 0 Å². The van der Waals surface area contributed by atoms with Crippen LogP contribution in [0.15, 0.2) is 18.2 Å². The monoisotopic (exact) mass is 241 g/mol. The van der Waals surface area contributed by atoms with Crippen LogP contribution in [0, 0.1) is 18.3 Å². The zero-order valence-electron chi connectivity index (χ0n) is 10.9. The van der Waals surface area contributed by atoms with Crippen molar-refractivity contribution in [2.24, 2.45) is 11.3 Å². The minimum atomic E-state index is -0.00609. The molecule has 1 aromatic carbocycles. The first kappa shape index (κ1) is 10.7. The molecule has 1 spiro atoms. The Balaban J connectivity index is 1.89. The van der Waals surface area contributed by atoms with Gasteiger partial charge in [0.15, 0.2) is 5.78 Å². The molecular weight excluding hydrogens is 222 g/mol. The Morgan fingerprint density at radius 1 is 1.28 bits per heavy atom. The Hall–Kier alpha value is -1.15. The zero-order valence-corrected chi connectivity index (χ0v) is 10.9. The SMILES string of the molecule is Cc1cccc2c1C(=O)C13CCN(CC1)CC3C2. The van der Waals surface area contributed by atoms with Crippen molar-refractivity contribution < 1.29 is 4.79 Å². The second-order valence-electron chi connectivity index (χ2n) is 6.30. The van der Waals surface area contributed by atoms with Crippen LogP contribution < -0.4 is 0 Å². The van der Waals surface area contributed by atoms with E-state index in [0.717, 1.165) is 44.5 Å². The minimum Gasteiger partial charge on any atom is -0.303 e. The van der Waals surface area contributed by atoms with E-state index >= 15 is 0 Å². The molecular formula is C16H19NO. The van der Waals surface area contributed by atoms with Crippen LogP contribution in [-0.4, -0.2) is 30.3 Å². The highest BCUT2D eigenvalue weighted by molar-refractivity contribution is 6.04. The smallest absolute Gasteiger partial charge is 0.169 e. The molecule has 0 N–H and O–H groups in total. The Labute approximate surface area is 108 Å². The Bertz CT molecular complexity index is 526. The summed E-state index contributed by atoms with van der Waals surface area (Å²) in [6, 6.07) is 6.34. The van der Waals surface area contributed by atoms with Crippen LogP contribution in [0.5, 0.6) is 0 Å². The van der Waals surface area contributed by atoms with Crippen molar-refractivity contribution in [3.8, 4) is 0 Å². The van der Waals surface area contributed by atoms with E-state index in [0.29, 0.717) is 11.7 Å². The van der Waals surface area contributed by atoms with Crippen LogP contribution in [0.2, 0.25) is 0 Å². The van der Waals surface area contributed by atoms with E-state index in [1.54, 1.807) is 0 Å². The van der Waals surface area contributed by atoms with Gasteiger partial charge in [0.05, 0.1) is 0 Å². The van der Waals surface area contributed by atoms with Crippen molar-refractivity contribution in [2.45, 2.75) is 26.2 Å². The topological polar surface area (TPSA) is 20.3 Å². The van der Waals surface area contributed by atoms with E-state index in [9.17, 15) is 4.79 Å². The average molecular weight is 241 g/mol. The van der Waals surface area contributed by atoms with Gasteiger partial charge in [-0.15, -0.1) is 0 Å². The molecule has 3 saturated heterocycles. The van der Waals surface area contributed by atoms with Gasteiger partial charge in [0, 0.05) is 17.5 Å². The van der Waals surface area contributed by atoms with Crippen molar-refractivity contribution in [2.75, 3.05) is 19.6 Å². The van der Waals surface area contributed by atoms with E-state index in [4.69, 9.17) is 0 Å². The van der Waals surface area contributed by atoms with E-state index in [1.165, 1.54) is 11.1 Å². The summed E-state index contributed by atoms with van der Waals surface area (Å²) in [5.74, 6) is 1.04. The first-order valence-corrected chi connectivity index (χ1v) is 7.06. The normalized spacial score (nSPS) is 37.3. The second-order valence-corrected chi connectivity index (χ2v) is 6.30. The molecule has 0 radical (unpaired) electrons. The maximum atomic E-state index is 13.0. The Morgan fingerprint density at radius 3 is 2.83 bits per heavy atom. The lowest BCUT2D eigenvalue weighted by molar-refractivity contribution is -0.0218. The van der Waals surface area contributed by atoms with Crippen molar-refractivity contribution in [1.29, 1.82) is 0 Å². The molecule has 94 valence electrons. The highest BCUT2D eigenvalue weighted by atomic mass is 16.1. The summed E-state index contributed by atoms with van der Waals surface area (Å²) in [7, 11) is 0. The largest absolute Gasteiger partial charge is 0.303 e. The van der Waals surface area contributed by atoms with Gasteiger partial charge >= 0.3 is 0 Å². The lowest BCUT2D eigenvalue weighted by Crippen LogP contribution is -2.60. The summed E-state index contributed by atoms with van der Waals surface area (Å²) >= 11 is 0. The summed E-state index contributed by atoms with van der Waals surface area (Å²) in [6.45, 7) is 5.48. The molecule has 0 saturated carbocycles. The van der Waals surface area contributed by atoms with E-state index < -0.39 is 0 Å². The van der Waals surface area contributed by atoms with Crippen molar-refractivity contribution >= 4 is 5.78 Å². The van der Waals surface area contributed by atoms with Gasteiger partial charge in [0.1, 0.15) is 0 Å². The fourth-order valence-corrected chi connectivity index (χ4v) is 4.44. The van der Waals surface area contributed by atoms with Crippen LogP contribution in [0.1, 0.15) is 34.3 Å². The summed E-state index contributed by atoms with van der Waals surface area (Å²) in [5.41, 5.74) is 3.53. The number of benzene rings is 1. The molecule has 4 aliphatic rings. The molecule has 2 bridgehead atoms. The van der Waals surface area contributed by atoms with Crippen LogP contribution in [0.25, 0.3) is 0 Å². The van der Waals surface area contributed by atoms with Gasteiger partial charge in [-0.05, 0) is 56.3 Å². The molecule has 2 heteroatoms. The molecule has 1 aromatic rings. The molecule has 2 nitrogen and oxygen atoms in total. The van der Waals surface area contributed by atoms with Gasteiger partial charge in [-0.2, -0.15) is 0 Å². The van der Waals surface area contributed by atoms with Crippen LogP contribution in [0.4, 0.5) is 0 Å². The molecule has 3 aliphatic heterocycles. The van der Waals surface area contributed by atoms with Crippen LogP contribution in [0.3, 0.4) is 0 Å². The van der Waals surface area contributed by atoms with E-state index in [1.807, 2.05) is 0 Å².